The molecular weight excluding hydrogens is 374 g/mol. The Bertz CT molecular complexity index is 1280. The Morgan fingerprint density at radius 2 is 1.32 bits per heavy atom. The molecule has 4 aromatic carbocycles. The molecule has 0 saturated carbocycles. The summed E-state index contributed by atoms with van der Waals surface area (Å²) in [6.07, 6.45) is 2.05. The monoisotopic (exact) mass is 403 g/mol. The van der Waals surface area contributed by atoms with Gasteiger partial charge in [-0.1, -0.05) is 55.0 Å². The second kappa shape index (κ2) is 7.74. The summed E-state index contributed by atoms with van der Waals surface area (Å²) in [5, 5.41) is 0. The second-order valence-electron chi connectivity index (χ2n) is 8.81. The highest BCUT2D eigenvalue weighted by molar-refractivity contribution is 5.83. The number of rotatable bonds is 4. The maximum absolute atomic E-state index is 2.40. The van der Waals surface area contributed by atoms with Gasteiger partial charge in [-0.05, 0) is 109 Å². The van der Waals surface area contributed by atoms with Gasteiger partial charge in [-0.3, -0.25) is 0 Å². The molecule has 0 spiro atoms. The van der Waals surface area contributed by atoms with E-state index in [2.05, 4.69) is 111 Å². The van der Waals surface area contributed by atoms with Crippen molar-refractivity contribution in [2.24, 2.45) is 0 Å². The number of nitrogens with zero attached hydrogens (tertiary/aromatic N) is 1. The summed E-state index contributed by atoms with van der Waals surface area (Å²) in [5.41, 5.74) is 14.6. The van der Waals surface area contributed by atoms with Crippen LogP contribution in [0.2, 0.25) is 0 Å². The van der Waals surface area contributed by atoms with Gasteiger partial charge in [0.05, 0.1) is 0 Å². The molecule has 0 atom stereocenters. The van der Waals surface area contributed by atoms with E-state index in [1.54, 1.807) is 0 Å². The molecule has 1 heteroatoms. The van der Waals surface area contributed by atoms with Gasteiger partial charge in [0.2, 0.25) is 0 Å². The molecule has 4 aromatic rings. The molecule has 1 aliphatic carbocycles. The number of aryl methyl sites for hydroxylation is 4. The third-order valence-corrected chi connectivity index (χ3v) is 6.60. The van der Waals surface area contributed by atoms with Gasteiger partial charge >= 0.3 is 0 Å². The Morgan fingerprint density at radius 1 is 0.645 bits per heavy atom. The van der Waals surface area contributed by atoms with Crippen molar-refractivity contribution in [3.63, 3.8) is 0 Å². The van der Waals surface area contributed by atoms with Gasteiger partial charge in [0.25, 0.3) is 0 Å². The molecule has 0 amide bonds. The van der Waals surface area contributed by atoms with E-state index in [0.29, 0.717) is 0 Å². The van der Waals surface area contributed by atoms with Crippen LogP contribution in [0.25, 0.3) is 11.1 Å². The Labute approximate surface area is 186 Å². The number of hydrogen-bond acceptors (Lipinski definition) is 1. The summed E-state index contributed by atoms with van der Waals surface area (Å²) in [6.45, 7) is 8.77. The molecule has 0 aromatic heterocycles. The highest BCUT2D eigenvalue weighted by Crippen LogP contribution is 2.42. The summed E-state index contributed by atoms with van der Waals surface area (Å²) in [6, 6.07) is 29.5. The van der Waals surface area contributed by atoms with Crippen LogP contribution in [0.5, 0.6) is 0 Å². The van der Waals surface area contributed by atoms with Crippen LogP contribution in [0.4, 0.5) is 17.1 Å². The standard InChI is InChI=1S/C30H29N/c1-5-23-7-6-8-26(17-23)31(27-11-10-21(3)22(4)16-27)28-12-14-30-25(19-28)18-24-15-20(2)9-13-29(24)30/h6-17,19H,5,18H2,1-4H3. The summed E-state index contributed by atoms with van der Waals surface area (Å²) in [4.78, 5) is 2.40. The topological polar surface area (TPSA) is 3.24 Å². The zero-order valence-electron chi connectivity index (χ0n) is 18.9. The van der Waals surface area contributed by atoms with Gasteiger partial charge < -0.3 is 4.90 Å². The largest absolute Gasteiger partial charge is 0.310 e. The third kappa shape index (κ3) is 3.55. The Hall–Kier alpha value is -3.32. The molecule has 0 N–H and O–H groups in total. The summed E-state index contributed by atoms with van der Waals surface area (Å²) in [5.74, 6) is 0. The molecule has 0 saturated heterocycles. The van der Waals surface area contributed by atoms with Crippen LogP contribution in [-0.2, 0) is 12.8 Å². The fraction of sp³-hybridized carbons (Fsp3) is 0.200. The average molecular weight is 404 g/mol. The first-order valence-corrected chi connectivity index (χ1v) is 11.2. The lowest BCUT2D eigenvalue weighted by Gasteiger charge is -2.27. The molecule has 0 aliphatic heterocycles. The van der Waals surface area contributed by atoms with Crippen molar-refractivity contribution in [1.82, 2.24) is 0 Å². The number of hydrogen-bond donors (Lipinski definition) is 0. The third-order valence-electron chi connectivity index (χ3n) is 6.60. The molecule has 31 heavy (non-hydrogen) atoms. The lowest BCUT2D eigenvalue weighted by atomic mass is 10.0. The summed E-state index contributed by atoms with van der Waals surface area (Å²) < 4.78 is 0. The van der Waals surface area contributed by atoms with Crippen molar-refractivity contribution in [3.05, 3.63) is 112 Å². The van der Waals surface area contributed by atoms with Crippen LogP contribution in [0.15, 0.2) is 78.9 Å². The normalized spacial score (nSPS) is 11.9. The van der Waals surface area contributed by atoms with E-state index in [4.69, 9.17) is 0 Å². The van der Waals surface area contributed by atoms with E-state index in [0.717, 1.165) is 12.8 Å². The predicted molar refractivity (Wildman–Crippen MR) is 133 cm³/mol. The first-order chi connectivity index (χ1) is 15.0. The van der Waals surface area contributed by atoms with E-state index in [9.17, 15) is 0 Å². The van der Waals surface area contributed by atoms with Gasteiger partial charge in [0.1, 0.15) is 0 Å². The van der Waals surface area contributed by atoms with Crippen LogP contribution < -0.4 is 4.90 Å². The Kier molecular flexibility index (Phi) is 4.90. The van der Waals surface area contributed by atoms with E-state index < -0.39 is 0 Å². The molecule has 1 nitrogen and oxygen atoms in total. The van der Waals surface area contributed by atoms with Crippen molar-refractivity contribution < 1.29 is 0 Å². The van der Waals surface area contributed by atoms with Gasteiger partial charge in [0.15, 0.2) is 0 Å². The SMILES string of the molecule is CCc1cccc(N(c2ccc(C)c(C)c2)c2ccc3c(c2)Cc2cc(C)ccc2-3)c1. The lowest BCUT2D eigenvalue weighted by Crippen LogP contribution is -2.11. The maximum Gasteiger partial charge on any atom is 0.0464 e. The molecule has 154 valence electrons. The van der Waals surface area contributed by atoms with E-state index in [1.165, 1.54) is 61.6 Å². The molecule has 0 fully saturated rings. The summed E-state index contributed by atoms with van der Waals surface area (Å²) in [7, 11) is 0. The average Bonchev–Trinajstić information content (AvgIpc) is 3.13. The number of anilines is 3. The fourth-order valence-corrected chi connectivity index (χ4v) is 4.69. The molecule has 1 aliphatic rings. The molecular formula is C30H29N. The first-order valence-electron chi connectivity index (χ1n) is 11.2. The minimum absolute atomic E-state index is 1.01. The molecule has 0 radical (unpaired) electrons. The number of fused-ring (bicyclic) bond motifs is 3. The van der Waals surface area contributed by atoms with Crippen LogP contribution in [0.1, 0.15) is 40.3 Å². The maximum atomic E-state index is 2.40. The van der Waals surface area contributed by atoms with Gasteiger partial charge in [-0.25, -0.2) is 0 Å². The van der Waals surface area contributed by atoms with Crippen LogP contribution in [-0.4, -0.2) is 0 Å². The van der Waals surface area contributed by atoms with Crippen molar-refractivity contribution in [2.75, 3.05) is 4.90 Å². The highest BCUT2D eigenvalue weighted by Gasteiger charge is 2.21. The quantitative estimate of drug-likeness (QED) is 0.292. The van der Waals surface area contributed by atoms with Crippen molar-refractivity contribution in [2.45, 2.75) is 40.5 Å². The zero-order chi connectivity index (χ0) is 21.5. The lowest BCUT2D eigenvalue weighted by molar-refractivity contribution is 1.13. The van der Waals surface area contributed by atoms with Crippen LogP contribution in [0.3, 0.4) is 0 Å². The second-order valence-corrected chi connectivity index (χ2v) is 8.81. The fourth-order valence-electron chi connectivity index (χ4n) is 4.69. The van der Waals surface area contributed by atoms with Gasteiger partial charge in [-0.2, -0.15) is 0 Å². The predicted octanol–water partition coefficient (Wildman–Crippen LogP) is 8.22. The van der Waals surface area contributed by atoms with Crippen molar-refractivity contribution >= 4 is 17.1 Å². The van der Waals surface area contributed by atoms with Crippen LogP contribution in [0, 0.1) is 20.8 Å². The number of benzene rings is 4. The summed E-state index contributed by atoms with van der Waals surface area (Å²) >= 11 is 0. The zero-order valence-corrected chi connectivity index (χ0v) is 18.9. The van der Waals surface area contributed by atoms with Gasteiger partial charge in [-0.15, -0.1) is 0 Å². The minimum Gasteiger partial charge on any atom is -0.310 e. The van der Waals surface area contributed by atoms with E-state index >= 15 is 0 Å². The van der Waals surface area contributed by atoms with Gasteiger partial charge in [0, 0.05) is 17.1 Å². The van der Waals surface area contributed by atoms with Crippen molar-refractivity contribution in [3.8, 4) is 11.1 Å². The first kappa shape index (κ1) is 19.6. The molecule has 5 rings (SSSR count). The smallest absolute Gasteiger partial charge is 0.0464 e. The Morgan fingerprint density at radius 3 is 2.10 bits per heavy atom. The molecule has 0 heterocycles. The van der Waals surface area contributed by atoms with Crippen molar-refractivity contribution in [1.29, 1.82) is 0 Å². The van der Waals surface area contributed by atoms with E-state index in [1.807, 2.05) is 0 Å². The Balaban J connectivity index is 1.64. The highest BCUT2D eigenvalue weighted by atomic mass is 15.1. The minimum atomic E-state index is 1.01. The van der Waals surface area contributed by atoms with Crippen LogP contribution >= 0.6 is 0 Å². The van der Waals surface area contributed by atoms with E-state index in [-0.39, 0.29) is 0 Å². The molecule has 0 unspecified atom stereocenters. The molecule has 0 bridgehead atoms.